The van der Waals surface area contributed by atoms with Crippen LogP contribution in [0.1, 0.15) is 13.3 Å². The summed E-state index contributed by atoms with van der Waals surface area (Å²) in [6.07, 6.45) is 2.02. The van der Waals surface area contributed by atoms with Gasteiger partial charge in [0.05, 0.1) is 10.8 Å². The van der Waals surface area contributed by atoms with E-state index in [1.807, 2.05) is 18.3 Å². The predicted molar refractivity (Wildman–Crippen MR) is 63.0 cm³/mol. The van der Waals surface area contributed by atoms with Crippen LogP contribution < -0.4 is 0 Å². The Hall–Kier alpha value is -0.970. The van der Waals surface area contributed by atoms with E-state index in [0.29, 0.717) is 6.42 Å². The van der Waals surface area contributed by atoms with Crippen LogP contribution in [-0.4, -0.2) is 27.3 Å². The van der Waals surface area contributed by atoms with Crippen molar-refractivity contribution in [3.8, 4) is 0 Å². The first-order valence-corrected chi connectivity index (χ1v) is 5.59. The van der Waals surface area contributed by atoms with Gasteiger partial charge in [-0.05, 0) is 30.9 Å². The lowest BCUT2D eigenvalue weighted by Crippen LogP contribution is -2.00. The first-order chi connectivity index (χ1) is 7.24. The Morgan fingerprint density at radius 1 is 1.40 bits per heavy atom. The smallest absolute Gasteiger partial charge is 0.0549 e. The van der Waals surface area contributed by atoms with Crippen LogP contribution in [0.25, 0.3) is 10.1 Å². The van der Waals surface area contributed by atoms with Crippen molar-refractivity contribution >= 4 is 21.6 Å². The molecule has 2 N–H and O–H groups in total. The number of benzene rings is 1. The number of rotatable bonds is 2. The molecule has 0 radical (unpaired) electrons. The van der Waals surface area contributed by atoms with Crippen LogP contribution >= 0.6 is 11.5 Å². The van der Waals surface area contributed by atoms with Gasteiger partial charge in [-0.1, -0.05) is 18.2 Å². The van der Waals surface area contributed by atoms with Gasteiger partial charge >= 0.3 is 0 Å². The molecule has 1 atom stereocenters. The Labute approximate surface area is 93.2 Å². The zero-order valence-electron chi connectivity index (χ0n) is 8.63. The fourth-order valence-electron chi connectivity index (χ4n) is 0.997. The van der Waals surface area contributed by atoms with E-state index >= 15 is 0 Å². The van der Waals surface area contributed by atoms with Gasteiger partial charge in [0.1, 0.15) is 0 Å². The van der Waals surface area contributed by atoms with Crippen LogP contribution in [-0.2, 0) is 0 Å². The fourth-order valence-corrected chi connectivity index (χ4v) is 1.64. The summed E-state index contributed by atoms with van der Waals surface area (Å²) < 4.78 is 5.30. The molecule has 0 spiro atoms. The molecule has 1 heterocycles. The molecular weight excluding hydrogens is 210 g/mol. The molecule has 3 nitrogen and oxygen atoms in total. The number of hydrogen-bond acceptors (Lipinski definition) is 4. The minimum atomic E-state index is -0.352. The summed E-state index contributed by atoms with van der Waals surface area (Å²) in [5.41, 5.74) is 0. The molecule has 4 heteroatoms. The molecule has 0 aliphatic rings. The van der Waals surface area contributed by atoms with Gasteiger partial charge in [-0.2, -0.15) is 4.37 Å². The Morgan fingerprint density at radius 2 is 2.13 bits per heavy atom. The lowest BCUT2D eigenvalue weighted by atomic mass is 10.3. The first kappa shape index (κ1) is 12.1. The second-order valence-electron chi connectivity index (χ2n) is 3.22. The average molecular weight is 225 g/mol. The summed E-state index contributed by atoms with van der Waals surface area (Å²) in [6, 6.07) is 8.20. The monoisotopic (exact) mass is 225 g/mol. The highest BCUT2D eigenvalue weighted by atomic mass is 32.1. The molecule has 1 aromatic carbocycles. The maximum Gasteiger partial charge on any atom is 0.0549 e. The van der Waals surface area contributed by atoms with Crippen molar-refractivity contribution in [2.45, 2.75) is 19.4 Å². The van der Waals surface area contributed by atoms with E-state index in [1.54, 1.807) is 6.92 Å². The number of aromatic nitrogens is 1. The topological polar surface area (TPSA) is 53.4 Å². The molecule has 82 valence electrons. The summed E-state index contributed by atoms with van der Waals surface area (Å²) in [5, 5.41) is 17.7. The quantitative estimate of drug-likeness (QED) is 0.822. The number of aliphatic hydroxyl groups is 2. The molecule has 0 aliphatic carbocycles. The summed E-state index contributed by atoms with van der Waals surface area (Å²) in [4.78, 5) is 0. The van der Waals surface area contributed by atoms with E-state index in [9.17, 15) is 0 Å². The van der Waals surface area contributed by atoms with Gasteiger partial charge in [0.2, 0.25) is 0 Å². The van der Waals surface area contributed by atoms with Crippen molar-refractivity contribution in [3.05, 3.63) is 30.5 Å². The Balaban J connectivity index is 0.000000167. The van der Waals surface area contributed by atoms with E-state index in [1.165, 1.54) is 21.6 Å². The van der Waals surface area contributed by atoms with Crippen LogP contribution in [0.4, 0.5) is 0 Å². The van der Waals surface area contributed by atoms with Gasteiger partial charge in [-0.3, -0.25) is 0 Å². The molecule has 2 aromatic rings. The third-order valence-electron chi connectivity index (χ3n) is 1.81. The van der Waals surface area contributed by atoms with Crippen molar-refractivity contribution in [3.63, 3.8) is 0 Å². The zero-order chi connectivity index (χ0) is 11.1. The number of nitrogens with zero attached hydrogens (tertiary/aromatic N) is 1. The minimum Gasteiger partial charge on any atom is -0.396 e. The Bertz CT molecular complexity index is 356. The van der Waals surface area contributed by atoms with Gasteiger partial charge in [0.15, 0.2) is 0 Å². The Morgan fingerprint density at radius 3 is 2.67 bits per heavy atom. The largest absolute Gasteiger partial charge is 0.396 e. The minimum absolute atomic E-state index is 0.0810. The molecule has 2 rings (SSSR count). The number of fused-ring (bicyclic) bond motifs is 1. The van der Waals surface area contributed by atoms with Crippen molar-refractivity contribution < 1.29 is 10.2 Å². The van der Waals surface area contributed by atoms with Gasteiger partial charge in [-0.15, -0.1) is 0 Å². The molecular formula is C11H15NO2S. The zero-order valence-corrected chi connectivity index (χ0v) is 9.44. The van der Waals surface area contributed by atoms with E-state index < -0.39 is 0 Å². The highest BCUT2D eigenvalue weighted by molar-refractivity contribution is 7.13. The van der Waals surface area contributed by atoms with Crippen LogP contribution in [0, 0.1) is 0 Å². The summed E-state index contributed by atoms with van der Waals surface area (Å²) in [7, 11) is 0. The van der Waals surface area contributed by atoms with Crippen molar-refractivity contribution in [2.24, 2.45) is 0 Å². The molecule has 0 saturated heterocycles. The fraction of sp³-hybridized carbons (Fsp3) is 0.364. The summed E-state index contributed by atoms with van der Waals surface area (Å²) in [5.74, 6) is 0. The van der Waals surface area contributed by atoms with E-state index in [4.69, 9.17) is 10.2 Å². The van der Waals surface area contributed by atoms with Gasteiger partial charge in [-0.25, -0.2) is 0 Å². The van der Waals surface area contributed by atoms with Gasteiger partial charge in [0, 0.05) is 18.2 Å². The van der Waals surface area contributed by atoms with Crippen molar-refractivity contribution in [1.29, 1.82) is 0 Å². The number of aliphatic hydroxyl groups excluding tert-OH is 2. The normalized spacial score (nSPS) is 11.9. The standard InChI is InChI=1S/C7H5NS.C4H10O2/c1-2-4-7-6(3-1)5-8-9-7;1-4(6)2-3-5/h1-5H;4-6H,2-3H2,1H3. The summed E-state index contributed by atoms with van der Waals surface area (Å²) >= 11 is 1.54. The maximum absolute atomic E-state index is 8.39. The molecule has 0 saturated carbocycles. The number of hydrogen-bond donors (Lipinski definition) is 2. The Kier molecular flexibility index (Phi) is 5.25. The van der Waals surface area contributed by atoms with Crippen LogP contribution in [0.5, 0.6) is 0 Å². The molecule has 0 aliphatic heterocycles. The molecule has 1 aromatic heterocycles. The highest BCUT2D eigenvalue weighted by Gasteiger charge is 1.89. The van der Waals surface area contributed by atoms with Gasteiger partial charge in [0.25, 0.3) is 0 Å². The molecule has 0 fully saturated rings. The second kappa shape index (κ2) is 6.50. The van der Waals surface area contributed by atoms with Crippen molar-refractivity contribution in [2.75, 3.05) is 6.61 Å². The maximum atomic E-state index is 8.39. The molecule has 1 unspecified atom stereocenters. The van der Waals surface area contributed by atoms with Gasteiger partial charge < -0.3 is 10.2 Å². The van der Waals surface area contributed by atoms with E-state index in [0.717, 1.165) is 0 Å². The lowest BCUT2D eigenvalue weighted by Gasteiger charge is -1.95. The SMILES string of the molecule is CC(O)CCO.c1ccc2sncc2c1. The predicted octanol–water partition coefficient (Wildman–Crippen LogP) is 2.05. The lowest BCUT2D eigenvalue weighted by molar-refractivity contribution is 0.148. The van der Waals surface area contributed by atoms with Crippen LogP contribution in [0.3, 0.4) is 0 Å². The second-order valence-corrected chi connectivity index (χ2v) is 4.06. The van der Waals surface area contributed by atoms with Crippen molar-refractivity contribution in [1.82, 2.24) is 4.37 Å². The van der Waals surface area contributed by atoms with Crippen LogP contribution in [0.2, 0.25) is 0 Å². The molecule has 0 bridgehead atoms. The van der Waals surface area contributed by atoms with Crippen LogP contribution in [0.15, 0.2) is 30.5 Å². The highest BCUT2D eigenvalue weighted by Crippen LogP contribution is 2.15. The average Bonchev–Trinajstić information content (AvgIpc) is 2.65. The summed E-state index contributed by atoms with van der Waals surface area (Å²) in [6.45, 7) is 1.73. The third-order valence-corrected chi connectivity index (χ3v) is 2.59. The molecule has 15 heavy (non-hydrogen) atoms. The third kappa shape index (κ3) is 4.38. The molecule has 0 amide bonds. The van der Waals surface area contributed by atoms with E-state index in [2.05, 4.69) is 16.5 Å². The van der Waals surface area contributed by atoms with E-state index in [-0.39, 0.29) is 12.7 Å². The first-order valence-electron chi connectivity index (χ1n) is 4.82.